The third-order valence-corrected chi connectivity index (χ3v) is 6.10. The van der Waals surface area contributed by atoms with E-state index in [2.05, 4.69) is 14.8 Å². The summed E-state index contributed by atoms with van der Waals surface area (Å²) in [4.78, 5) is 12.6. The summed E-state index contributed by atoms with van der Waals surface area (Å²) in [5.41, 5.74) is 2.69. The number of amides is 1. The van der Waals surface area contributed by atoms with Gasteiger partial charge in [-0.05, 0) is 44.8 Å². The van der Waals surface area contributed by atoms with Crippen molar-refractivity contribution in [2.75, 3.05) is 12.5 Å². The second kappa shape index (κ2) is 7.52. The van der Waals surface area contributed by atoms with Crippen molar-refractivity contribution in [2.24, 2.45) is 0 Å². The summed E-state index contributed by atoms with van der Waals surface area (Å²) in [6.45, 7) is 6.82. The number of aryl methyl sites for hydroxylation is 2. The van der Waals surface area contributed by atoms with E-state index in [1.807, 2.05) is 44.2 Å². The zero-order valence-electron chi connectivity index (χ0n) is 13.3. The Kier molecular flexibility index (Phi) is 5.94. The maximum absolute atomic E-state index is 12.6. The molecule has 2 rings (SSSR count). The topological polar surface area (TPSA) is 59.8 Å². The molecule has 8 heteroatoms. The first-order valence-corrected chi connectivity index (χ1v) is 10.2. The third-order valence-electron chi connectivity index (χ3n) is 3.36. The van der Waals surface area contributed by atoms with Crippen molar-refractivity contribution in [1.82, 2.24) is 19.5 Å². The molecule has 0 aliphatic rings. The third kappa shape index (κ3) is 3.49. The molecule has 1 unspecified atom stereocenters. The van der Waals surface area contributed by atoms with Crippen molar-refractivity contribution >= 4 is 41.0 Å². The normalized spacial score (nSPS) is 12.4. The minimum absolute atomic E-state index is 0.0707. The monoisotopic (exact) mass is 356 g/mol. The van der Waals surface area contributed by atoms with Crippen molar-refractivity contribution < 1.29 is 4.79 Å². The molecule has 2 aromatic rings. The second-order valence-corrected chi connectivity index (χ2v) is 7.42. The van der Waals surface area contributed by atoms with Gasteiger partial charge in [0.2, 0.25) is 0 Å². The fourth-order valence-electron chi connectivity index (χ4n) is 2.20. The number of hydrogen-bond acceptors (Lipinski definition) is 6. The Morgan fingerprint density at radius 3 is 2.73 bits per heavy atom. The molecule has 1 atom stereocenters. The molecule has 5 nitrogen and oxygen atoms in total. The number of hydrogen-bond donors (Lipinski definition) is 1. The summed E-state index contributed by atoms with van der Waals surface area (Å²) >= 11 is 4.44. The Morgan fingerprint density at radius 1 is 1.45 bits per heavy atom. The van der Waals surface area contributed by atoms with Crippen LogP contribution in [0.4, 0.5) is 0 Å². The number of thioether (sulfide) groups is 2. The highest BCUT2D eigenvalue weighted by Gasteiger charge is 2.23. The summed E-state index contributed by atoms with van der Waals surface area (Å²) in [6.07, 6.45) is 5.90. The number of carbonyl (C=O) groups excluding carboxylic acids is 1. The highest BCUT2D eigenvalue weighted by Crippen LogP contribution is 2.33. The second-order valence-electron chi connectivity index (χ2n) is 4.78. The lowest BCUT2D eigenvalue weighted by Gasteiger charge is -2.13. The van der Waals surface area contributed by atoms with E-state index in [1.165, 1.54) is 23.3 Å². The van der Waals surface area contributed by atoms with E-state index in [9.17, 15) is 4.79 Å². The number of aromatic nitrogens is 3. The lowest BCUT2D eigenvalue weighted by molar-refractivity contribution is 0.0934. The largest absolute Gasteiger partial charge is 0.345 e. The minimum atomic E-state index is -0.0860. The maximum Gasteiger partial charge on any atom is 0.256 e. The van der Waals surface area contributed by atoms with Crippen molar-refractivity contribution in [2.45, 2.75) is 42.6 Å². The van der Waals surface area contributed by atoms with Gasteiger partial charge in [0, 0.05) is 18.3 Å². The molecular weight excluding hydrogens is 336 g/mol. The molecule has 1 N–H and O–H groups in total. The predicted octanol–water partition coefficient (Wildman–Crippen LogP) is 3.60. The number of carbonyl (C=O) groups is 1. The van der Waals surface area contributed by atoms with Gasteiger partial charge in [-0.3, -0.25) is 9.48 Å². The van der Waals surface area contributed by atoms with Gasteiger partial charge < -0.3 is 5.32 Å². The van der Waals surface area contributed by atoms with Crippen LogP contribution >= 0.6 is 35.1 Å². The molecule has 22 heavy (non-hydrogen) atoms. The first kappa shape index (κ1) is 17.4. The zero-order chi connectivity index (χ0) is 16.3. The van der Waals surface area contributed by atoms with Crippen LogP contribution in [0.1, 0.15) is 41.5 Å². The van der Waals surface area contributed by atoms with Gasteiger partial charge in [0.1, 0.15) is 5.03 Å². The molecule has 0 saturated carbocycles. The van der Waals surface area contributed by atoms with Crippen LogP contribution in [0.2, 0.25) is 0 Å². The first-order valence-electron chi connectivity index (χ1n) is 6.94. The lowest BCUT2D eigenvalue weighted by atomic mass is 10.1. The van der Waals surface area contributed by atoms with Crippen LogP contribution in [0.25, 0.3) is 0 Å². The minimum Gasteiger partial charge on any atom is -0.345 e. The van der Waals surface area contributed by atoms with Crippen LogP contribution in [0.5, 0.6) is 0 Å². The molecule has 0 aromatic carbocycles. The van der Waals surface area contributed by atoms with E-state index in [0.29, 0.717) is 5.56 Å². The van der Waals surface area contributed by atoms with Gasteiger partial charge in [0.25, 0.3) is 5.91 Å². The standard InChI is InChI=1S/C14H20N4OS3/c1-6-18-7-10(9(3)16-18)8(2)15-12(19)11-13(20-4)17-22-14(11)21-5/h7-8H,6H2,1-5H3,(H,15,19). The van der Waals surface area contributed by atoms with E-state index in [1.54, 1.807) is 11.8 Å². The van der Waals surface area contributed by atoms with Gasteiger partial charge in [-0.2, -0.15) is 9.47 Å². The molecule has 2 aromatic heterocycles. The van der Waals surface area contributed by atoms with Crippen LogP contribution in [0.3, 0.4) is 0 Å². The molecule has 0 radical (unpaired) electrons. The van der Waals surface area contributed by atoms with Crippen molar-refractivity contribution in [3.8, 4) is 0 Å². The van der Waals surface area contributed by atoms with Crippen LogP contribution in [-0.4, -0.2) is 32.6 Å². The van der Waals surface area contributed by atoms with Gasteiger partial charge in [0.15, 0.2) is 0 Å². The van der Waals surface area contributed by atoms with E-state index >= 15 is 0 Å². The predicted molar refractivity (Wildman–Crippen MR) is 94.2 cm³/mol. The Morgan fingerprint density at radius 2 is 2.18 bits per heavy atom. The Hall–Kier alpha value is -0.990. The molecule has 0 aliphatic carbocycles. The number of nitrogens with zero attached hydrogens (tertiary/aromatic N) is 3. The van der Waals surface area contributed by atoms with Crippen molar-refractivity contribution in [3.63, 3.8) is 0 Å². The zero-order valence-corrected chi connectivity index (χ0v) is 15.8. The van der Waals surface area contributed by atoms with E-state index in [0.717, 1.165) is 27.0 Å². The molecule has 0 fully saturated rings. The first-order chi connectivity index (χ1) is 10.5. The Bertz CT molecular complexity index is 644. The van der Waals surface area contributed by atoms with Gasteiger partial charge in [-0.1, -0.05) is 0 Å². The quantitative estimate of drug-likeness (QED) is 0.801. The average Bonchev–Trinajstić information content (AvgIpc) is 3.09. The van der Waals surface area contributed by atoms with Crippen molar-refractivity contribution in [1.29, 1.82) is 0 Å². The van der Waals surface area contributed by atoms with Gasteiger partial charge in [-0.25, -0.2) is 0 Å². The molecule has 0 spiro atoms. The average molecular weight is 357 g/mol. The highest BCUT2D eigenvalue weighted by molar-refractivity contribution is 8.01. The maximum atomic E-state index is 12.6. The summed E-state index contributed by atoms with van der Waals surface area (Å²) in [6, 6.07) is -0.0860. The molecule has 0 aliphatic heterocycles. The summed E-state index contributed by atoms with van der Waals surface area (Å²) < 4.78 is 7.19. The summed E-state index contributed by atoms with van der Waals surface area (Å²) in [5, 5.41) is 8.30. The number of rotatable bonds is 6. The van der Waals surface area contributed by atoms with E-state index in [-0.39, 0.29) is 11.9 Å². The SMILES string of the molecule is CCn1cc(C(C)NC(=O)c2c(SC)nsc2SC)c(C)n1. The number of nitrogens with one attached hydrogen (secondary N) is 1. The van der Waals surface area contributed by atoms with E-state index < -0.39 is 0 Å². The fourth-order valence-corrected chi connectivity index (χ4v) is 4.48. The lowest BCUT2D eigenvalue weighted by Crippen LogP contribution is -2.27. The molecule has 0 saturated heterocycles. The van der Waals surface area contributed by atoms with Gasteiger partial charge in [-0.15, -0.1) is 23.5 Å². The molecule has 1 amide bonds. The molecule has 120 valence electrons. The summed E-state index contributed by atoms with van der Waals surface area (Å²) in [5.74, 6) is -0.0707. The Balaban J connectivity index is 2.21. The van der Waals surface area contributed by atoms with E-state index in [4.69, 9.17) is 0 Å². The van der Waals surface area contributed by atoms with Gasteiger partial charge in [0.05, 0.1) is 21.5 Å². The summed E-state index contributed by atoms with van der Waals surface area (Å²) in [7, 11) is 0. The van der Waals surface area contributed by atoms with Crippen LogP contribution in [-0.2, 0) is 6.54 Å². The van der Waals surface area contributed by atoms with Crippen molar-refractivity contribution in [3.05, 3.63) is 23.0 Å². The van der Waals surface area contributed by atoms with Crippen LogP contribution < -0.4 is 5.32 Å². The molecular formula is C14H20N4OS3. The molecule has 2 heterocycles. The fraction of sp³-hybridized carbons (Fsp3) is 0.500. The Labute approximate surface area is 143 Å². The highest BCUT2D eigenvalue weighted by atomic mass is 32.2. The van der Waals surface area contributed by atoms with Gasteiger partial charge >= 0.3 is 0 Å². The van der Waals surface area contributed by atoms with Crippen LogP contribution in [0.15, 0.2) is 15.4 Å². The molecule has 0 bridgehead atoms. The van der Waals surface area contributed by atoms with Crippen LogP contribution in [0, 0.1) is 6.92 Å². The smallest absolute Gasteiger partial charge is 0.256 e.